The molecule has 1 aliphatic heterocycles. The van der Waals surface area contributed by atoms with Crippen LogP contribution >= 0.6 is 0 Å². The monoisotopic (exact) mass is 254 g/mol. The number of hydrogen-bond donors (Lipinski definition) is 1. The Morgan fingerprint density at radius 1 is 1.33 bits per heavy atom. The lowest BCUT2D eigenvalue weighted by Gasteiger charge is -2.31. The van der Waals surface area contributed by atoms with E-state index in [1.54, 1.807) is 6.92 Å². The van der Waals surface area contributed by atoms with Gasteiger partial charge >= 0.3 is 0 Å². The van der Waals surface area contributed by atoms with Crippen molar-refractivity contribution in [2.75, 3.05) is 0 Å². The highest BCUT2D eigenvalue weighted by Gasteiger charge is 2.86. The van der Waals surface area contributed by atoms with Crippen molar-refractivity contribution in [2.45, 2.75) is 58.9 Å². The number of hydrogen-bond acceptors (Lipinski definition) is 4. The Balaban J connectivity index is 2.41. The number of ether oxygens (including phenoxy) is 1. The predicted octanol–water partition coefficient (Wildman–Crippen LogP) is 0.870. The third-order valence-corrected chi connectivity index (χ3v) is 3.90. The van der Waals surface area contributed by atoms with Gasteiger partial charge in [0.1, 0.15) is 0 Å². The summed E-state index contributed by atoms with van der Waals surface area (Å²) in [7, 11) is 0. The summed E-state index contributed by atoms with van der Waals surface area (Å²) in [6.45, 7) is 11.1. The molecular formula is C13H22N2O3. The Morgan fingerprint density at radius 2 is 1.83 bits per heavy atom. The van der Waals surface area contributed by atoms with E-state index in [2.05, 4.69) is 0 Å². The van der Waals surface area contributed by atoms with E-state index in [4.69, 9.17) is 10.5 Å². The van der Waals surface area contributed by atoms with Gasteiger partial charge in [-0.1, -0.05) is 13.8 Å². The molecule has 2 fully saturated rings. The third kappa shape index (κ3) is 1.40. The van der Waals surface area contributed by atoms with Crippen LogP contribution in [0.4, 0.5) is 0 Å². The number of amides is 2. The number of nitrogens with zero attached hydrogens (tertiary/aromatic N) is 1. The van der Waals surface area contributed by atoms with Crippen LogP contribution < -0.4 is 5.73 Å². The standard InChI is InChI=1S/C13H22N2O3/c1-7(14)15-9(16)8-12(5,6)13(8,10(15)17)18-11(2,3)4/h7-8H,14H2,1-6H3. The number of imide groups is 1. The lowest BCUT2D eigenvalue weighted by atomic mass is 10.0. The lowest BCUT2D eigenvalue weighted by Crippen LogP contribution is -2.51. The second-order valence-electron chi connectivity index (χ2n) is 6.86. The highest BCUT2D eigenvalue weighted by atomic mass is 16.5. The van der Waals surface area contributed by atoms with E-state index in [0.29, 0.717) is 0 Å². The number of carbonyl (C=O) groups is 2. The van der Waals surface area contributed by atoms with Gasteiger partial charge in [0.25, 0.3) is 5.91 Å². The molecule has 1 saturated heterocycles. The van der Waals surface area contributed by atoms with Crippen LogP contribution in [0.1, 0.15) is 41.5 Å². The van der Waals surface area contributed by atoms with Crippen molar-refractivity contribution in [1.82, 2.24) is 4.90 Å². The molecule has 1 heterocycles. The molecule has 2 N–H and O–H groups in total. The van der Waals surface area contributed by atoms with E-state index in [9.17, 15) is 9.59 Å². The van der Waals surface area contributed by atoms with E-state index in [0.717, 1.165) is 4.90 Å². The van der Waals surface area contributed by atoms with Crippen LogP contribution in [0, 0.1) is 11.3 Å². The molecule has 0 aromatic rings. The molecule has 0 radical (unpaired) electrons. The zero-order valence-electron chi connectivity index (χ0n) is 11.9. The first-order chi connectivity index (χ1) is 7.97. The second-order valence-corrected chi connectivity index (χ2v) is 6.86. The molecule has 3 atom stereocenters. The Kier molecular flexibility index (Phi) is 2.50. The molecule has 102 valence electrons. The largest absolute Gasteiger partial charge is 0.358 e. The van der Waals surface area contributed by atoms with Crippen molar-refractivity contribution in [1.29, 1.82) is 0 Å². The third-order valence-electron chi connectivity index (χ3n) is 3.90. The first kappa shape index (κ1) is 13.5. The molecule has 2 aliphatic rings. The van der Waals surface area contributed by atoms with Crippen molar-refractivity contribution >= 4 is 11.8 Å². The minimum absolute atomic E-state index is 0.204. The predicted molar refractivity (Wildman–Crippen MR) is 66.3 cm³/mol. The van der Waals surface area contributed by atoms with E-state index < -0.39 is 28.7 Å². The van der Waals surface area contributed by atoms with Gasteiger partial charge < -0.3 is 10.5 Å². The van der Waals surface area contributed by atoms with Gasteiger partial charge in [-0.3, -0.25) is 14.5 Å². The molecule has 3 unspecified atom stereocenters. The van der Waals surface area contributed by atoms with Gasteiger partial charge in [0, 0.05) is 5.41 Å². The van der Waals surface area contributed by atoms with Crippen LogP contribution in [-0.2, 0) is 14.3 Å². The average molecular weight is 254 g/mol. The summed E-state index contributed by atoms with van der Waals surface area (Å²) in [5, 5.41) is 0. The van der Waals surface area contributed by atoms with Crippen LogP contribution in [0.15, 0.2) is 0 Å². The molecule has 2 amide bonds. The number of piperidine rings is 1. The second kappa shape index (κ2) is 3.33. The Labute approximate surface area is 108 Å². The Hall–Kier alpha value is -0.940. The van der Waals surface area contributed by atoms with Gasteiger partial charge in [-0.15, -0.1) is 0 Å². The van der Waals surface area contributed by atoms with Crippen LogP contribution in [0.5, 0.6) is 0 Å². The molecular weight excluding hydrogens is 232 g/mol. The molecule has 5 nitrogen and oxygen atoms in total. The summed E-state index contributed by atoms with van der Waals surface area (Å²) in [6, 6.07) is 0. The SMILES string of the molecule is CC(N)N1C(=O)C2C(C)(C)C2(OC(C)(C)C)C1=O. The number of carbonyl (C=O) groups excluding carboxylic acids is 2. The summed E-state index contributed by atoms with van der Waals surface area (Å²) >= 11 is 0. The van der Waals surface area contributed by atoms with Crippen molar-refractivity contribution in [3.63, 3.8) is 0 Å². The smallest absolute Gasteiger partial charge is 0.264 e. The molecule has 0 aromatic heterocycles. The molecule has 0 bridgehead atoms. The van der Waals surface area contributed by atoms with E-state index in [1.165, 1.54) is 0 Å². The van der Waals surface area contributed by atoms with Crippen molar-refractivity contribution in [2.24, 2.45) is 17.1 Å². The maximum atomic E-state index is 12.5. The number of likely N-dealkylation sites (tertiary alicyclic amines) is 1. The topological polar surface area (TPSA) is 72.6 Å². The summed E-state index contributed by atoms with van der Waals surface area (Å²) in [5.74, 6) is -0.889. The van der Waals surface area contributed by atoms with Crippen molar-refractivity contribution in [3.05, 3.63) is 0 Å². The van der Waals surface area contributed by atoms with E-state index >= 15 is 0 Å². The average Bonchev–Trinajstić information content (AvgIpc) is 2.47. The van der Waals surface area contributed by atoms with E-state index in [1.807, 2.05) is 34.6 Å². The summed E-state index contributed by atoms with van der Waals surface area (Å²) in [6.07, 6.45) is -0.603. The zero-order chi connectivity index (χ0) is 14.1. The molecule has 1 aliphatic carbocycles. The van der Waals surface area contributed by atoms with Gasteiger partial charge in [0.15, 0.2) is 5.60 Å². The Bertz CT molecular complexity index is 422. The van der Waals surface area contributed by atoms with Crippen LogP contribution in [-0.4, -0.2) is 34.1 Å². The molecule has 2 rings (SSSR count). The normalized spacial score (nSPS) is 35.7. The Morgan fingerprint density at radius 3 is 2.22 bits per heavy atom. The van der Waals surface area contributed by atoms with Gasteiger partial charge in [-0.2, -0.15) is 0 Å². The summed E-state index contributed by atoms with van der Waals surface area (Å²) in [4.78, 5) is 25.9. The molecule has 1 saturated carbocycles. The first-order valence-corrected chi connectivity index (χ1v) is 6.30. The van der Waals surface area contributed by atoms with Crippen molar-refractivity contribution < 1.29 is 14.3 Å². The fourth-order valence-corrected chi connectivity index (χ4v) is 3.13. The first-order valence-electron chi connectivity index (χ1n) is 6.30. The molecule has 18 heavy (non-hydrogen) atoms. The highest BCUT2D eigenvalue weighted by molar-refractivity contribution is 6.15. The number of fused-ring (bicyclic) bond motifs is 1. The molecule has 5 heteroatoms. The van der Waals surface area contributed by atoms with Gasteiger partial charge in [-0.25, -0.2) is 0 Å². The maximum Gasteiger partial charge on any atom is 0.264 e. The van der Waals surface area contributed by atoms with Gasteiger partial charge in [0.05, 0.1) is 17.7 Å². The van der Waals surface area contributed by atoms with E-state index in [-0.39, 0.29) is 11.8 Å². The lowest BCUT2D eigenvalue weighted by molar-refractivity contribution is -0.162. The number of rotatable bonds is 2. The minimum Gasteiger partial charge on any atom is -0.358 e. The van der Waals surface area contributed by atoms with Crippen LogP contribution in [0.25, 0.3) is 0 Å². The summed E-state index contributed by atoms with van der Waals surface area (Å²) < 4.78 is 5.97. The quantitative estimate of drug-likeness (QED) is 0.742. The molecule has 0 spiro atoms. The van der Waals surface area contributed by atoms with Gasteiger partial charge in [-0.05, 0) is 27.7 Å². The number of nitrogens with two attached hydrogens (primary N) is 1. The minimum atomic E-state index is -1.02. The fourth-order valence-electron chi connectivity index (χ4n) is 3.13. The molecule has 0 aromatic carbocycles. The summed E-state index contributed by atoms with van der Waals surface area (Å²) in [5.41, 5.74) is 3.76. The van der Waals surface area contributed by atoms with Crippen LogP contribution in [0.3, 0.4) is 0 Å². The highest BCUT2D eigenvalue weighted by Crippen LogP contribution is 2.69. The maximum absolute atomic E-state index is 12.5. The fraction of sp³-hybridized carbons (Fsp3) is 0.846. The zero-order valence-corrected chi connectivity index (χ0v) is 11.9. The van der Waals surface area contributed by atoms with Crippen molar-refractivity contribution in [3.8, 4) is 0 Å². The van der Waals surface area contributed by atoms with Crippen LogP contribution in [0.2, 0.25) is 0 Å². The van der Waals surface area contributed by atoms with Gasteiger partial charge in [0.2, 0.25) is 5.91 Å².